The largest absolute Gasteiger partial charge is 0.487 e. The Bertz CT molecular complexity index is 1900. The summed E-state index contributed by atoms with van der Waals surface area (Å²) in [6.07, 6.45) is 7.17. The standard InChI is InChI=1S/C30H22N6OS/c1-18-7-8-28(38-18)22-9-10-32-30-23(22)12-26(34-30)29-24-13-25(33-16-27(24)35-36-29)20-11-21(15-31-14-20)37-17-19-5-3-2-4-6-19/h2-16H,17H2,1H3,(H,32,34)(H,35,36). The number of H-pyrrole nitrogens is 2. The first-order valence-electron chi connectivity index (χ1n) is 12.2. The van der Waals surface area contributed by atoms with Gasteiger partial charge in [0.05, 0.1) is 29.3 Å². The van der Waals surface area contributed by atoms with Crippen molar-refractivity contribution in [1.29, 1.82) is 0 Å². The monoisotopic (exact) mass is 514 g/mol. The molecular weight excluding hydrogens is 492 g/mol. The van der Waals surface area contributed by atoms with Crippen molar-refractivity contribution >= 4 is 33.3 Å². The van der Waals surface area contributed by atoms with Crippen LogP contribution in [0.1, 0.15) is 10.4 Å². The second-order valence-corrected chi connectivity index (χ2v) is 10.4. The molecule has 0 atom stereocenters. The normalized spacial score (nSPS) is 11.4. The molecule has 7 rings (SSSR count). The van der Waals surface area contributed by atoms with Gasteiger partial charge in [0.15, 0.2) is 0 Å². The molecule has 7 nitrogen and oxygen atoms in total. The zero-order valence-corrected chi connectivity index (χ0v) is 21.3. The minimum Gasteiger partial charge on any atom is -0.487 e. The molecular formula is C30H22N6OS. The van der Waals surface area contributed by atoms with Gasteiger partial charge in [-0.05, 0) is 48.9 Å². The van der Waals surface area contributed by atoms with Gasteiger partial charge < -0.3 is 9.72 Å². The van der Waals surface area contributed by atoms with Crippen LogP contribution in [0.2, 0.25) is 0 Å². The molecule has 0 radical (unpaired) electrons. The highest BCUT2D eigenvalue weighted by Crippen LogP contribution is 2.36. The highest BCUT2D eigenvalue weighted by molar-refractivity contribution is 7.15. The molecule has 8 heteroatoms. The lowest BCUT2D eigenvalue weighted by atomic mass is 10.1. The smallest absolute Gasteiger partial charge is 0.138 e. The third kappa shape index (κ3) is 4.10. The third-order valence-electron chi connectivity index (χ3n) is 6.50. The highest BCUT2D eigenvalue weighted by atomic mass is 32.1. The number of aryl methyl sites for hydroxylation is 1. The number of nitrogens with one attached hydrogen (secondary N) is 2. The van der Waals surface area contributed by atoms with Gasteiger partial charge in [0.2, 0.25) is 0 Å². The molecule has 0 unspecified atom stereocenters. The number of fused-ring (bicyclic) bond motifs is 2. The molecule has 38 heavy (non-hydrogen) atoms. The van der Waals surface area contributed by atoms with E-state index < -0.39 is 0 Å². The zero-order chi connectivity index (χ0) is 25.5. The number of ether oxygens (including phenoxy) is 1. The van der Waals surface area contributed by atoms with E-state index in [2.05, 4.69) is 61.3 Å². The van der Waals surface area contributed by atoms with Crippen LogP contribution in [0.5, 0.6) is 5.75 Å². The summed E-state index contributed by atoms with van der Waals surface area (Å²) in [6.45, 7) is 2.60. The molecule has 0 saturated carbocycles. The van der Waals surface area contributed by atoms with Crippen molar-refractivity contribution in [1.82, 2.24) is 30.1 Å². The van der Waals surface area contributed by atoms with E-state index in [1.54, 1.807) is 29.9 Å². The molecule has 184 valence electrons. The fourth-order valence-corrected chi connectivity index (χ4v) is 5.51. The minimum atomic E-state index is 0.478. The lowest BCUT2D eigenvalue weighted by Gasteiger charge is -2.08. The van der Waals surface area contributed by atoms with E-state index in [0.29, 0.717) is 12.4 Å². The van der Waals surface area contributed by atoms with Crippen molar-refractivity contribution in [2.24, 2.45) is 0 Å². The molecule has 0 bridgehead atoms. The molecule has 0 aliphatic heterocycles. The van der Waals surface area contributed by atoms with Crippen molar-refractivity contribution < 1.29 is 4.74 Å². The Morgan fingerprint density at radius 2 is 1.82 bits per heavy atom. The lowest BCUT2D eigenvalue weighted by molar-refractivity contribution is 0.305. The number of rotatable bonds is 6. The summed E-state index contributed by atoms with van der Waals surface area (Å²) in [4.78, 5) is 19.6. The van der Waals surface area contributed by atoms with Gasteiger partial charge in [-0.15, -0.1) is 11.3 Å². The van der Waals surface area contributed by atoms with Crippen LogP contribution in [0.25, 0.3) is 55.0 Å². The maximum absolute atomic E-state index is 5.98. The summed E-state index contributed by atoms with van der Waals surface area (Å²) in [7, 11) is 0. The molecule has 0 fully saturated rings. The van der Waals surface area contributed by atoms with E-state index in [1.807, 2.05) is 48.7 Å². The van der Waals surface area contributed by atoms with E-state index in [0.717, 1.165) is 55.7 Å². The van der Waals surface area contributed by atoms with E-state index in [1.165, 1.54) is 9.75 Å². The predicted octanol–water partition coefficient (Wildman–Crippen LogP) is 7.18. The number of hydrogen-bond acceptors (Lipinski definition) is 6. The van der Waals surface area contributed by atoms with E-state index in [-0.39, 0.29) is 0 Å². The number of hydrogen-bond donors (Lipinski definition) is 2. The Morgan fingerprint density at radius 1 is 0.895 bits per heavy atom. The predicted molar refractivity (Wildman–Crippen MR) is 151 cm³/mol. The topological polar surface area (TPSA) is 92.4 Å². The van der Waals surface area contributed by atoms with Crippen LogP contribution in [0.3, 0.4) is 0 Å². The zero-order valence-electron chi connectivity index (χ0n) is 20.5. The van der Waals surface area contributed by atoms with Gasteiger partial charge in [-0.3, -0.25) is 15.1 Å². The number of aromatic nitrogens is 6. The molecule has 1 aromatic carbocycles. The number of pyridine rings is 3. The van der Waals surface area contributed by atoms with Gasteiger partial charge >= 0.3 is 0 Å². The number of aromatic amines is 2. The summed E-state index contributed by atoms with van der Waals surface area (Å²) in [5.74, 6) is 0.693. The van der Waals surface area contributed by atoms with Crippen molar-refractivity contribution in [2.45, 2.75) is 13.5 Å². The first-order chi connectivity index (χ1) is 18.7. The van der Waals surface area contributed by atoms with Crippen molar-refractivity contribution in [3.05, 3.63) is 102 Å². The van der Waals surface area contributed by atoms with Crippen molar-refractivity contribution in [2.75, 3.05) is 0 Å². The Hall–Kier alpha value is -4.82. The van der Waals surface area contributed by atoms with Gasteiger partial charge in [-0.2, -0.15) is 5.10 Å². The van der Waals surface area contributed by atoms with Gasteiger partial charge in [0, 0.05) is 44.0 Å². The van der Waals surface area contributed by atoms with Gasteiger partial charge in [0.25, 0.3) is 0 Å². The second-order valence-electron chi connectivity index (χ2n) is 9.09. The first kappa shape index (κ1) is 22.4. The average Bonchev–Trinajstić information content (AvgIpc) is 3.70. The van der Waals surface area contributed by atoms with Crippen molar-refractivity contribution in [3.8, 4) is 38.8 Å². The summed E-state index contributed by atoms with van der Waals surface area (Å²) >= 11 is 1.78. The molecule has 0 aliphatic rings. The van der Waals surface area contributed by atoms with Crippen LogP contribution in [-0.4, -0.2) is 30.1 Å². The number of nitrogens with zero attached hydrogens (tertiary/aromatic N) is 4. The molecule has 0 spiro atoms. The maximum atomic E-state index is 5.98. The highest BCUT2D eigenvalue weighted by Gasteiger charge is 2.16. The van der Waals surface area contributed by atoms with Gasteiger partial charge in [-0.25, -0.2) is 4.98 Å². The molecule has 2 N–H and O–H groups in total. The molecule has 0 saturated heterocycles. The molecule has 6 aromatic heterocycles. The first-order valence-corrected chi connectivity index (χ1v) is 13.0. The van der Waals surface area contributed by atoms with E-state index in [4.69, 9.17) is 4.74 Å². The summed E-state index contributed by atoms with van der Waals surface area (Å²) in [6, 6.07) is 22.6. The second kappa shape index (κ2) is 9.24. The Kier molecular flexibility index (Phi) is 5.44. The fourth-order valence-electron chi connectivity index (χ4n) is 4.61. The Balaban J connectivity index is 1.24. The van der Waals surface area contributed by atoms with Crippen LogP contribution in [0.4, 0.5) is 0 Å². The van der Waals surface area contributed by atoms with Gasteiger partial charge in [0.1, 0.15) is 23.7 Å². The van der Waals surface area contributed by atoms with Crippen LogP contribution in [-0.2, 0) is 6.61 Å². The molecule has 0 aliphatic carbocycles. The number of benzene rings is 1. The molecule has 7 aromatic rings. The quantitative estimate of drug-likeness (QED) is 0.245. The van der Waals surface area contributed by atoms with Gasteiger partial charge in [-0.1, -0.05) is 30.3 Å². The van der Waals surface area contributed by atoms with E-state index in [9.17, 15) is 0 Å². The molecule has 6 heterocycles. The Labute approximate surface area is 222 Å². The van der Waals surface area contributed by atoms with Crippen LogP contribution in [0, 0.1) is 6.92 Å². The minimum absolute atomic E-state index is 0.478. The third-order valence-corrected chi connectivity index (χ3v) is 7.53. The van der Waals surface area contributed by atoms with Crippen LogP contribution < -0.4 is 4.74 Å². The SMILES string of the molecule is Cc1ccc(-c2ccnc3[nH]c(-c4n[nH]c5cnc(-c6cncc(OCc7ccccc7)c6)cc45)cc23)s1. The van der Waals surface area contributed by atoms with Crippen LogP contribution in [0.15, 0.2) is 91.5 Å². The lowest BCUT2D eigenvalue weighted by Crippen LogP contribution is -1.96. The molecule has 0 amide bonds. The van der Waals surface area contributed by atoms with Crippen LogP contribution >= 0.6 is 11.3 Å². The average molecular weight is 515 g/mol. The number of thiophene rings is 1. The Morgan fingerprint density at radius 3 is 2.68 bits per heavy atom. The van der Waals surface area contributed by atoms with E-state index >= 15 is 0 Å². The maximum Gasteiger partial charge on any atom is 0.138 e. The summed E-state index contributed by atoms with van der Waals surface area (Å²) in [5.41, 5.74) is 7.34. The summed E-state index contributed by atoms with van der Waals surface area (Å²) in [5, 5.41) is 9.77. The fraction of sp³-hybridized carbons (Fsp3) is 0.0667. The van der Waals surface area contributed by atoms with Crippen molar-refractivity contribution in [3.63, 3.8) is 0 Å². The summed E-state index contributed by atoms with van der Waals surface area (Å²) < 4.78 is 5.98.